The fourth-order valence-electron chi connectivity index (χ4n) is 0.883. The highest BCUT2D eigenvalue weighted by atomic mass is 16.6. The van der Waals surface area contributed by atoms with Gasteiger partial charge in [-0.25, -0.2) is 0 Å². The quantitative estimate of drug-likeness (QED) is 0.579. The topological polar surface area (TPSA) is 82.1 Å². The molecular formula is C11H19NO6. The Labute approximate surface area is 106 Å². The molecule has 0 spiro atoms. The summed E-state index contributed by atoms with van der Waals surface area (Å²) in [5.74, 6) is -1.17. The molecule has 0 fully saturated rings. The standard InChI is InChI=1S/C11H19NO6/c1-8(13)16-5-10(6-17-9(2)14)18-7-11(15)12(3)4/h10H,5-7H2,1-4H3. The molecule has 0 rings (SSSR count). The van der Waals surface area contributed by atoms with E-state index >= 15 is 0 Å². The van der Waals surface area contributed by atoms with E-state index in [4.69, 9.17) is 14.2 Å². The molecule has 0 aromatic carbocycles. The van der Waals surface area contributed by atoms with E-state index in [2.05, 4.69) is 0 Å². The lowest BCUT2D eigenvalue weighted by Gasteiger charge is -2.18. The number of hydrogen-bond donors (Lipinski definition) is 0. The molecule has 7 nitrogen and oxygen atoms in total. The first kappa shape index (κ1) is 16.4. The van der Waals surface area contributed by atoms with Gasteiger partial charge in [0, 0.05) is 27.9 Å². The predicted molar refractivity (Wildman–Crippen MR) is 61.7 cm³/mol. The first-order valence-corrected chi connectivity index (χ1v) is 5.41. The first-order chi connectivity index (χ1) is 8.32. The van der Waals surface area contributed by atoms with Crippen LogP contribution in [-0.2, 0) is 28.6 Å². The van der Waals surface area contributed by atoms with Crippen LogP contribution in [0.1, 0.15) is 13.8 Å². The van der Waals surface area contributed by atoms with Gasteiger partial charge >= 0.3 is 11.9 Å². The fourth-order valence-corrected chi connectivity index (χ4v) is 0.883. The smallest absolute Gasteiger partial charge is 0.302 e. The Morgan fingerprint density at radius 3 is 1.78 bits per heavy atom. The molecule has 0 unspecified atom stereocenters. The van der Waals surface area contributed by atoms with E-state index in [-0.39, 0.29) is 25.7 Å². The van der Waals surface area contributed by atoms with Crippen LogP contribution in [0.25, 0.3) is 0 Å². The van der Waals surface area contributed by atoms with Gasteiger partial charge in [0.05, 0.1) is 0 Å². The summed E-state index contributed by atoms with van der Waals surface area (Å²) in [7, 11) is 3.19. The van der Waals surface area contributed by atoms with Gasteiger partial charge in [-0.1, -0.05) is 0 Å². The van der Waals surface area contributed by atoms with E-state index in [9.17, 15) is 14.4 Å². The van der Waals surface area contributed by atoms with E-state index in [0.29, 0.717) is 0 Å². The van der Waals surface area contributed by atoms with Crippen molar-refractivity contribution in [1.29, 1.82) is 0 Å². The van der Waals surface area contributed by atoms with Crippen LogP contribution in [0.5, 0.6) is 0 Å². The number of likely N-dealkylation sites (N-methyl/N-ethyl adjacent to an activating group) is 1. The highest BCUT2D eigenvalue weighted by Gasteiger charge is 2.15. The van der Waals surface area contributed by atoms with Crippen LogP contribution in [0.2, 0.25) is 0 Å². The van der Waals surface area contributed by atoms with Crippen LogP contribution in [0.4, 0.5) is 0 Å². The van der Waals surface area contributed by atoms with Gasteiger partial charge in [-0.3, -0.25) is 14.4 Å². The Bertz CT molecular complexity index is 284. The van der Waals surface area contributed by atoms with E-state index in [1.54, 1.807) is 14.1 Å². The zero-order valence-electron chi connectivity index (χ0n) is 11.1. The van der Waals surface area contributed by atoms with E-state index in [1.807, 2.05) is 0 Å². The summed E-state index contributed by atoms with van der Waals surface area (Å²) in [6.07, 6.45) is -0.651. The molecule has 1 amide bonds. The third-order valence-corrected chi connectivity index (χ3v) is 1.89. The number of carbonyl (C=O) groups excluding carboxylic acids is 3. The van der Waals surface area contributed by atoms with Gasteiger partial charge in [-0.15, -0.1) is 0 Å². The molecule has 0 saturated carbocycles. The highest BCUT2D eigenvalue weighted by molar-refractivity contribution is 5.76. The number of esters is 2. The molecule has 104 valence electrons. The summed E-state index contributed by atoms with van der Waals surface area (Å²) in [6, 6.07) is 0. The second-order valence-corrected chi connectivity index (χ2v) is 3.83. The lowest BCUT2D eigenvalue weighted by molar-refractivity contribution is -0.154. The Morgan fingerprint density at radius 2 is 1.44 bits per heavy atom. The molecule has 0 bridgehead atoms. The minimum Gasteiger partial charge on any atom is -0.463 e. The van der Waals surface area contributed by atoms with E-state index < -0.39 is 18.0 Å². The van der Waals surface area contributed by atoms with Gasteiger partial charge in [0.2, 0.25) is 5.91 Å². The highest BCUT2D eigenvalue weighted by Crippen LogP contribution is 1.97. The molecule has 0 aliphatic carbocycles. The van der Waals surface area contributed by atoms with Gasteiger partial charge in [0.15, 0.2) is 0 Å². The summed E-state index contributed by atoms with van der Waals surface area (Å²) < 4.78 is 14.7. The third-order valence-electron chi connectivity index (χ3n) is 1.89. The summed E-state index contributed by atoms with van der Waals surface area (Å²) in [4.78, 5) is 34.0. The van der Waals surface area contributed by atoms with Crippen molar-refractivity contribution in [1.82, 2.24) is 4.90 Å². The van der Waals surface area contributed by atoms with Crippen molar-refractivity contribution in [3.63, 3.8) is 0 Å². The molecule has 0 aliphatic heterocycles. The summed E-state index contributed by atoms with van der Waals surface area (Å²) in [5.41, 5.74) is 0. The molecule has 0 aromatic rings. The Morgan fingerprint density at radius 1 is 1.00 bits per heavy atom. The monoisotopic (exact) mass is 261 g/mol. The van der Waals surface area contributed by atoms with Gasteiger partial charge in [0.1, 0.15) is 25.9 Å². The fraction of sp³-hybridized carbons (Fsp3) is 0.727. The number of carbonyl (C=O) groups is 3. The lowest BCUT2D eigenvalue weighted by Crippen LogP contribution is -2.33. The minimum atomic E-state index is -0.651. The zero-order valence-corrected chi connectivity index (χ0v) is 11.1. The zero-order chi connectivity index (χ0) is 14.1. The Balaban J connectivity index is 4.14. The summed E-state index contributed by atoms with van der Waals surface area (Å²) >= 11 is 0. The van der Waals surface area contributed by atoms with Crippen LogP contribution in [-0.4, -0.2) is 62.8 Å². The predicted octanol–water partition coefficient (Wildman–Crippen LogP) is -0.414. The van der Waals surface area contributed by atoms with Crippen molar-refractivity contribution >= 4 is 17.8 Å². The van der Waals surface area contributed by atoms with Crippen LogP contribution in [0.3, 0.4) is 0 Å². The normalized spacial score (nSPS) is 10.1. The van der Waals surface area contributed by atoms with Crippen LogP contribution in [0.15, 0.2) is 0 Å². The maximum atomic E-state index is 11.3. The molecule has 0 saturated heterocycles. The van der Waals surface area contributed by atoms with Crippen molar-refractivity contribution in [2.75, 3.05) is 33.9 Å². The van der Waals surface area contributed by atoms with E-state index in [0.717, 1.165) is 0 Å². The minimum absolute atomic E-state index is 0.0661. The summed E-state index contributed by atoms with van der Waals surface area (Å²) in [5, 5.41) is 0. The SMILES string of the molecule is CC(=O)OCC(COC(C)=O)OCC(=O)N(C)C. The van der Waals surface area contributed by atoms with Gasteiger partial charge in [0.25, 0.3) is 0 Å². The maximum absolute atomic E-state index is 11.3. The molecule has 0 aliphatic rings. The Kier molecular flexibility index (Phi) is 7.69. The number of ether oxygens (including phenoxy) is 3. The lowest BCUT2D eigenvalue weighted by atomic mass is 10.4. The maximum Gasteiger partial charge on any atom is 0.302 e. The van der Waals surface area contributed by atoms with Crippen LogP contribution >= 0.6 is 0 Å². The third kappa shape index (κ3) is 8.51. The van der Waals surface area contributed by atoms with Crippen molar-refractivity contribution in [3.05, 3.63) is 0 Å². The number of hydrogen-bond acceptors (Lipinski definition) is 6. The van der Waals surface area contributed by atoms with E-state index in [1.165, 1.54) is 18.7 Å². The number of rotatable bonds is 7. The largest absolute Gasteiger partial charge is 0.463 e. The second-order valence-electron chi connectivity index (χ2n) is 3.83. The van der Waals surface area contributed by atoms with Gasteiger partial charge in [-0.05, 0) is 0 Å². The number of nitrogens with zero attached hydrogens (tertiary/aromatic N) is 1. The molecule has 0 aromatic heterocycles. The molecular weight excluding hydrogens is 242 g/mol. The number of amides is 1. The second kappa shape index (κ2) is 8.46. The van der Waals surface area contributed by atoms with Crippen LogP contribution in [0, 0.1) is 0 Å². The van der Waals surface area contributed by atoms with Crippen molar-refractivity contribution in [3.8, 4) is 0 Å². The molecule has 0 heterocycles. The molecule has 7 heteroatoms. The van der Waals surface area contributed by atoms with Crippen molar-refractivity contribution in [2.45, 2.75) is 20.0 Å². The molecule has 0 radical (unpaired) electrons. The van der Waals surface area contributed by atoms with Gasteiger partial charge in [-0.2, -0.15) is 0 Å². The summed E-state index contributed by atoms with van der Waals surface area (Å²) in [6.45, 7) is 2.22. The molecule has 18 heavy (non-hydrogen) atoms. The molecule has 0 N–H and O–H groups in total. The average Bonchev–Trinajstić information content (AvgIpc) is 2.26. The molecule has 0 atom stereocenters. The van der Waals surface area contributed by atoms with Gasteiger partial charge < -0.3 is 19.1 Å². The Hall–Kier alpha value is -1.63. The first-order valence-electron chi connectivity index (χ1n) is 5.41. The van der Waals surface area contributed by atoms with Crippen molar-refractivity contribution in [2.24, 2.45) is 0 Å². The van der Waals surface area contributed by atoms with Crippen molar-refractivity contribution < 1.29 is 28.6 Å². The average molecular weight is 261 g/mol. The van der Waals surface area contributed by atoms with Crippen LogP contribution < -0.4 is 0 Å².